The van der Waals surface area contributed by atoms with Crippen LogP contribution in [-0.4, -0.2) is 19.0 Å². The molecule has 0 spiro atoms. The van der Waals surface area contributed by atoms with Gasteiger partial charge >= 0.3 is 0 Å². The quantitative estimate of drug-likeness (QED) is 0.548. The molecule has 0 aromatic heterocycles. The van der Waals surface area contributed by atoms with Gasteiger partial charge in [-0.2, -0.15) is 0 Å². The molecule has 1 aliphatic heterocycles. The predicted molar refractivity (Wildman–Crippen MR) is 67.5 cm³/mol. The molecule has 2 nitrogen and oxygen atoms in total. The van der Waals surface area contributed by atoms with Crippen molar-refractivity contribution < 1.29 is 9.47 Å². The van der Waals surface area contributed by atoms with E-state index in [-0.39, 0.29) is 6.29 Å². The minimum absolute atomic E-state index is 0.0927. The third-order valence-corrected chi connectivity index (χ3v) is 3.19. The summed E-state index contributed by atoms with van der Waals surface area (Å²) in [7, 11) is 0. The van der Waals surface area contributed by atoms with Crippen molar-refractivity contribution in [3.63, 3.8) is 0 Å². The van der Waals surface area contributed by atoms with Crippen LogP contribution >= 0.6 is 0 Å². The molecule has 1 saturated heterocycles. The molecule has 0 unspecified atom stereocenters. The van der Waals surface area contributed by atoms with Gasteiger partial charge in [0.1, 0.15) is 0 Å². The molecular formula is C14H28O2. The number of rotatable bonds is 9. The minimum atomic E-state index is 0.0927. The maximum absolute atomic E-state index is 5.60. The van der Waals surface area contributed by atoms with Gasteiger partial charge < -0.3 is 9.47 Å². The fourth-order valence-corrected chi connectivity index (χ4v) is 2.18. The molecule has 0 aromatic rings. The normalized spacial score (nSPS) is 25.1. The monoisotopic (exact) mass is 228 g/mol. The first-order valence-electron chi connectivity index (χ1n) is 7.10. The average Bonchev–Trinajstić information content (AvgIpc) is 2.68. The third-order valence-electron chi connectivity index (χ3n) is 3.19. The van der Waals surface area contributed by atoms with Crippen molar-refractivity contribution in [1.82, 2.24) is 0 Å². The lowest BCUT2D eigenvalue weighted by atomic mass is 10.1. The Morgan fingerprint density at radius 1 is 0.938 bits per heavy atom. The Kier molecular flexibility index (Phi) is 7.87. The molecule has 0 bridgehead atoms. The topological polar surface area (TPSA) is 18.5 Å². The fraction of sp³-hybridized carbons (Fsp3) is 1.00. The van der Waals surface area contributed by atoms with Crippen LogP contribution in [0.5, 0.6) is 0 Å². The molecule has 0 aliphatic carbocycles. The molecule has 1 fully saturated rings. The SMILES string of the molecule is CCCCCCCCCC[C@H]1OC[C@H](C)O1. The van der Waals surface area contributed by atoms with E-state index >= 15 is 0 Å². The molecule has 0 saturated carbocycles. The number of hydrogen-bond acceptors (Lipinski definition) is 2. The maximum atomic E-state index is 5.60. The third kappa shape index (κ3) is 6.49. The lowest BCUT2D eigenvalue weighted by Gasteiger charge is -2.09. The van der Waals surface area contributed by atoms with Gasteiger partial charge in [-0.15, -0.1) is 0 Å². The highest BCUT2D eigenvalue weighted by atomic mass is 16.7. The average molecular weight is 228 g/mol. The van der Waals surface area contributed by atoms with Crippen molar-refractivity contribution in [1.29, 1.82) is 0 Å². The summed E-state index contributed by atoms with van der Waals surface area (Å²) >= 11 is 0. The van der Waals surface area contributed by atoms with Gasteiger partial charge in [-0.1, -0.05) is 51.9 Å². The van der Waals surface area contributed by atoms with E-state index < -0.39 is 0 Å². The highest BCUT2D eigenvalue weighted by Crippen LogP contribution is 2.17. The Balaban J connectivity index is 1.78. The highest BCUT2D eigenvalue weighted by molar-refractivity contribution is 4.60. The molecule has 1 aliphatic rings. The Morgan fingerprint density at radius 2 is 1.56 bits per heavy atom. The van der Waals surface area contributed by atoms with Gasteiger partial charge in [0.2, 0.25) is 0 Å². The van der Waals surface area contributed by atoms with Crippen LogP contribution in [0.25, 0.3) is 0 Å². The Morgan fingerprint density at radius 3 is 2.12 bits per heavy atom. The molecule has 0 N–H and O–H groups in total. The summed E-state index contributed by atoms with van der Waals surface area (Å²) in [6.07, 6.45) is 12.4. The molecule has 1 rings (SSSR count). The summed E-state index contributed by atoms with van der Waals surface area (Å²) in [6, 6.07) is 0. The molecule has 96 valence electrons. The Hall–Kier alpha value is -0.0800. The van der Waals surface area contributed by atoms with E-state index in [0.29, 0.717) is 6.10 Å². The summed E-state index contributed by atoms with van der Waals surface area (Å²) in [5.41, 5.74) is 0. The van der Waals surface area contributed by atoms with Crippen molar-refractivity contribution in [2.45, 2.75) is 84.0 Å². The number of unbranched alkanes of at least 4 members (excludes halogenated alkanes) is 7. The van der Waals surface area contributed by atoms with Gasteiger partial charge in [0.15, 0.2) is 6.29 Å². The molecule has 0 amide bonds. The highest BCUT2D eigenvalue weighted by Gasteiger charge is 2.21. The van der Waals surface area contributed by atoms with E-state index in [0.717, 1.165) is 13.0 Å². The van der Waals surface area contributed by atoms with E-state index in [1.807, 2.05) is 0 Å². The van der Waals surface area contributed by atoms with Crippen molar-refractivity contribution in [2.24, 2.45) is 0 Å². The van der Waals surface area contributed by atoms with Crippen LogP contribution in [0.15, 0.2) is 0 Å². The zero-order valence-electron chi connectivity index (χ0n) is 11.0. The molecule has 1 heterocycles. The van der Waals surface area contributed by atoms with Gasteiger partial charge in [-0.05, 0) is 19.8 Å². The molecule has 2 atom stereocenters. The van der Waals surface area contributed by atoms with Gasteiger partial charge in [0.25, 0.3) is 0 Å². The van der Waals surface area contributed by atoms with Crippen LogP contribution in [-0.2, 0) is 9.47 Å². The Bertz CT molecular complexity index is 159. The lowest BCUT2D eigenvalue weighted by Crippen LogP contribution is -2.08. The summed E-state index contributed by atoms with van der Waals surface area (Å²) in [6.45, 7) is 5.12. The zero-order valence-corrected chi connectivity index (χ0v) is 11.0. The predicted octanol–water partition coefficient (Wildman–Crippen LogP) is 4.28. The molecule has 16 heavy (non-hydrogen) atoms. The van der Waals surface area contributed by atoms with E-state index in [1.54, 1.807) is 0 Å². The first kappa shape index (κ1) is 14.0. The second-order valence-electron chi connectivity index (χ2n) is 4.97. The largest absolute Gasteiger partial charge is 0.350 e. The smallest absolute Gasteiger partial charge is 0.158 e. The minimum Gasteiger partial charge on any atom is -0.350 e. The number of ether oxygens (including phenoxy) is 2. The standard InChI is InChI=1S/C14H28O2/c1-3-4-5-6-7-8-9-10-11-14-15-12-13(2)16-14/h13-14H,3-12H2,1-2H3/t13-,14-/m0/s1. The van der Waals surface area contributed by atoms with Crippen LogP contribution in [0.1, 0.15) is 71.6 Å². The van der Waals surface area contributed by atoms with E-state index in [1.165, 1.54) is 51.4 Å². The lowest BCUT2D eigenvalue weighted by molar-refractivity contribution is -0.0604. The van der Waals surface area contributed by atoms with Crippen LogP contribution < -0.4 is 0 Å². The van der Waals surface area contributed by atoms with Crippen LogP contribution in [0.4, 0.5) is 0 Å². The second-order valence-corrected chi connectivity index (χ2v) is 4.97. The summed E-state index contributed by atoms with van der Waals surface area (Å²) < 4.78 is 11.1. The van der Waals surface area contributed by atoms with E-state index in [9.17, 15) is 0 Å². The van der Waals surface area contributed by atoms with Gasteiger partial charge in [0, 0.05) is 0 Å². The molecule has 0 radical (unpaired) electrons. The van der Waals surface area contributed by atoms with Crippen molar-refractivity contribution >= 4 is 0 Å². The van der Waals surface area contributed by atoms with Crippen molar-refractivity contribution in [3.05, 3.63) is 0 Å². The van der Waals surface area contributed by atoms with Crippen LogP contribution in [0, 0.1) is 0 Å². The molecular weight excluding hydrogens is 200 g/mol. The summed E-state index contributed by atoms with van der Waals surface area (Å²) in [5.74, 6) is 0. The molecule has 2 heteroatoms. The van der Waals surface area contributed by atoms with E-state index in [4.69, 9.17) is 9.47 Å². The van der Waals surface area contributed by atoms with Crippen LogP contribution in [0.3, 0.4) is 0 Å². The maximum Gasteiger partial charge on any atom is 0.158 e. The van der Waals surface area contributed by atoms with E-state index in [2.05, 4.69) is 13.8 Å². The van der Waals surface area contributed by atoms with Gasteiger partial charge in [-0.3, -0.25) is 0 Å². The van der Waals surface area contributed by atoms with Gasteiger partial charge in [0.05, 0.1) is 12.7 Å². The fourth-order valence-electron chi connectivity index (χ4n) is 2.18. The summed E-state index contributed by atoms with van der Waals surface area (Å²) in [5, 5.41) is 0. The van der Waals surface area contributed by atoms with Crippen molar-refractivity contribution in [2.75, 3.05) is 6.61 Å². The second kappa shape index (κ2) is 9.00. The first-order valence-corrected chi connectivity index (χ1v) is 7.10. The summed E-state index contributed by atoms with van der Waals surface area (Å²) in [4.78, 5) is 0. The van der Waals surface area contributed by atoms with Gasteiger partial charge in [-0.25, -0.2) is 0 Å². The van der Waals surface area contributed by atoms with Crippen molar-refractivity contribution in [3.8, 4) is 0 Å². The number of hydrogen-bond donors (Lipinski definition) is 0. The molecule has 0 aromatic carbocycles. The Labute approximate surface area is 101 Å². The van der Waals surface area contributed by atoms with Crippen LogP contribution in [0.2, 0.25) is 0 Å². The zero-order chi connectivity index (χ0) is 11.6. The first-order chi connectivity index (χ1) is 7.83.